The van der Waals surface area contributed by atoms with Crippen LogP contribution < -0.4 is 10.6 Å². The third kappa shape index (κ3) is 3.99. The minimum Gasteiger partial charge on any atom is -0.384 e. The van der Waals surface area contributed by atoms with Crippen molar-refractivity contribution in [2.24, 2.45) is 0 Å². The van der Waals surface area contributed by atoms with Crippen LogP contribution in [0.3, 0.4) is 0 Å². The largest absolute Gasteiger partial charge is 0.384 e. The van der Waals surface area contributed by atoms with Gasteiger partial charge in [0.1, 0.15) is 0 Å². The number of rotatable bonds is 5. The van der Waals surface area contributed by atoms with Crippen molar-refractivity contribution in [1.29, 1.82) is 0 Å². The van der Waals surface area contributed by atoms with Gasteiger partial charge in [0.15, 0.2) is 0 Å². The van der Waals surface area contributed by atoms with Gasteiger partial charge in [-0.15, -0.1) is 0 Å². The van der Waals surface area contributed by atoms with Crippen molar-refractivity contribution in [2.75, 3.05) is 11.9 Å². The van der Waals surface area contributed by atoms with Gasteiger partial charge in [-0.3, -0.25) is 4.79 Å². The molecule has 2 N–H and O–H groups in total. The quantitative estimate of drug-likeness (QED) is 0.855. The predicted molar refractivity (Wildman–Crippen MR) is 84.3 cm³/mol. The van der Waals surface area contributed by atoms with Crippen LogP contribution in [0.15, 0.2) is 18.2 Å². The van der Waals surface area contributed by atoms with Gasteiger partial charge in [-0.05, 0) is 43.9 Å². The number of nitrogens with one attached hydrogen (secondary N) is 2. The van der Waals surface area contributed by atoms with Crippen LogP contribution >= 0.6 is 0 Å². The first-order valence-electron chi connectivity index (χ1n) is 7.86. The van der Waals surface area contributed by atoms with Crippen LogP contribution in [-0.2, 0) is 0 Å². The minimum absolute atomic E-state index is 0.0653. The second kappa shape index (κ2) is 7.32. The van der Waals surface area contributed by atoms with Crippen molar-refractivity contribution in [2.45, 2.75) is 58.4 Å². The molecular weight excluding hydrogens is 248 g/mol. The summed E-state index contributed by atoms with van der Waals surface area (Å²) in [6.07, 6.45) is 7.07. The van der Waals surface area contributed by atoms with Gasteiger partial charge in [0, 0.05) is 18.3 Å². The highest BCUT2D eigenvalue weighted by Crippen LogP contribution is 2.21. The number of carbonyl (C=O) groups is 1. The van der Waals surface area contributed by atoms with Gasteiger partial charge in [0.2, 0.25) is 0 Å². The summed E-state index contributed by atoms with van der Waals surface area (Å²) in [5, 5.41) is 6.55. The summed E-state index contributed by atoms with van der Waals surface area (Å²) in [5.74, 6) is 0.0653. The Morgan fingerprint density at radius 1 is 1.25 bits per heavy atom. The van der Waals surface area contributed by atoms with Crippen LogP contribution in [0.25, 0.3) is 0 Å². The van der Waals surface area contributed by atoms with E-state index in [1.165, 1.54) is 24.8 Å². The van der Waals surface area contributed by atoms with E-state index in [2.05, 4.69) is 30.5 Å². The van der Waals surface area contributed by atoms with Gasteiger partial charge < -0.3 is 10.6 Å². The first-order valence-corrected chi connectivity index (χ1v) is 7.86. The van der Waals surface area contributed by atoms with E-state index < -0.39 is 0 Å². The lowest BCUT2D eigenvalue weighted by atomic mass is 9.95. The maximum atomic E-state index is 12.5. The molecular formula is C17H26N2O. The monoisotopic (exact) mass is 274 g/mol. The zero-order valence-corrected chi connectivity index (χ0v) is 12.7. The molecule has 0 atom stereocenters. The smallest absolute Gasteiger partial charge is 0.253 e. The first kappa shape index (κ1) is 14.9. The lowest BCUT2D eigenvalue weighted by Crippen LogP contribution is -2.36. The van der Waals surface area contributed by atoms with E-state index in [1.54, 1.807) is 0 Å². The molecule has 1 aromatic carbocycles. The van der Waals surface area contributed by atoms with Gasteiger partial charge >= 0.3 is 0 Å². The van der Waals surface area contributed by atoms with Crippen LogP contribution in [0.1, 0.15) is 61.4 Å². The average Bonchev–Trinajstić information content (AvgIpc) is 2.46. The fourth-order valence-electron chi connectivity index (χ4n) is 2.77. The summed E-state index contributed by atoms with van der Waals surface area (Å²) in [6.45, 7) is 5.08. The summed E-state index contributed by atoms with van der Waals surface area (Å²) in [6, 6.07) is 6.36. The number of benzene rings is 1. The molecule has 1 amide bonds. The van der Waals surface area contributed by atoms with Crippen molar-refractivity contribution in [3.05, 3.63) is 29.3 Å². The molecule has 20 heavy (non-hydrogen) atoms. The molecule has 1 aliphatic rings. The summed E-state index contributed by atoms with van der Waals surface area (Å²) < 4.78 is 0. The number of hydrogen-bond acceptors (Lipinski definition) is 2. The van der Waals surface area contributed by atoms with Crippen molar-refractivity contribution < 1.29 is 4.79 Å². The van der Waals surface area contributed by atoms with Gasteiger partial charge in [-0.1, -0.05) is 32.3 Å². The second-order valence-corrected chi connectivity index (χ2v) is 5.78. The van der Waals surface area contributed by atoms with E-state index in [9.17, 15) is 4.79 Å². The van der Waals surface area contributed by atoms with Gasteiger partial charge in [-0.2, -0.15) is 0 Å². The van der Waals surface area contributed by atoms with E-state index in [-0.39, 0.29) is 5.91 Å². The van der Waals surface area contributed by atoms with Gasteiger partial charge in [0.25, 0.3) is 5.91 Å². The maximum absolute atomic E-state index is 12.5. The number of amides is 1. The summed E-state index contributed by atoms with van der Waals surface area (Å²) in [7, 11) is 0. The SMILES string of the molecule is CCCNc1cc(C)ccc1C(=O)NC1CCCCC1. The number of aryl methyl sites for hydroxylation is 1. The molecule has 0 bridgehead atoms. The highest BCUT2D eigenvalue weighted by molar-refractivity contribution is 5.99. The molecule has 0 aromatic heterocycles. The highest BCUT2D eigenvalue weighted by Gasteiger charge is 2.18. The Bertz CT molecular complexity index is 450. The average molecular weight is 274 g/mol. The Kier molecular flexibility index (Phi) is 5.45. The minimum atomic E-state index is 0.0653. The van der Waals surface area contributed by atoms with E-state index in [0.29, 0.717) is 6.04 Å². The number of hydrogen-bond donors (Lipinski definition) is 2. The van der Waals surface area contributed by atoms with Gasteiger partial charge in [0.05, 0.1) is 5.56 Å². The number of carbonyl (C=O) groups excluding carboxylic acids is 1. The molecule has 3 heteroatoms. The highest BCUT2D eigenvalue weighted by atomic mass is 16.1. The van der Waals surface area contributed by atoms with Crippen LogP contribution in [-0.4, -0.2) is 18.5 Å². The Morgan fingerprint density at radius 3 is 2.70 bits per heavy atom. The first-order chi connectivity index (χ1) is 9.70. The molecule has 0 aliphatic heterocycles. The molecule has 0 heterocycles. The molecule has 2 rings (SSSR count). The predicted octanol–water partition coefficient (Wildman–Crippen LogP) is 3.88. The molecule has 1 saturated carbocycles. The van der Waals surface area contributed by atoms with Gasteiger partial charge in [-0.25, -0.2) is 0 Å². The molecule has 0 saturated heterocycles. The molecule has 1 aromatic rings. The normalized spacial score (nSPS) is 15.9. The summed E-state index contributed by atoms with van der Waals surface area (Å²) >= 11 is 0. The van der Waals surface area contributed by atoms with E-state index >= 15 is 0 Å². The van der Waals surface area contributed by atoms with Crippen LogP contribution in [0.4, 0.5) is 5.69 Å². The standard InChI is InChI=1S/C17H26N2O/c1-3-11-18-16-12-13(2)9-10-15(16)17(20)19-14-7-5-4-6-8-14/h9-10,12,14,18H,3-8,11H2,1-2H3,(H,19,20). The fraction of sp³-hybridized carbons (Fsp3) is 0.588. The summed E-state index contributed by atoms with van der Waals surface area (Å²) in [5.41, 5.74) is 2.91. The third-order valence-electron chi connectivity index (χ3n) is 3.93. The fourth-order valence-corrected chi connectivity index (χ4v) is 2.77. The Morgan fingerprint density at radius 2 is 2.00 bits per heavy atom. The van der Waals surface area contributed by atoms with Crippen LogP contribution in [0, 0.1) is 6.92 Å². The van der Waals surface area contributed by atoms with E-state index in [0.717, 1.165) is 37.1 Å². The van der Waals surface area contributed by atoms with Crippen molar-refractivity contribution in [1.82, 2.24) is 5.32 Å². The molecule has 0 radical (unpaired) electrons. The van der Waals surface area contributed by atoms with E-state index in [4.69, 9.17) is 0 Å². The van der Waals surface area contributed by atoms with Crippen LogP contribution in [0.2, 0.25) is 0 Å². The molecule has 1 fully saturated rings. The van der Waals surface area contributed by atoms with Crippen molar-refractivity contribution in [3.8, 4) is 0 Å². The third-order valence-corrected chi connectivity index (χ3v) is 3.93. The summed E-state index contributed by atoms with van der Waals surface area (Å²) in [4.78, 5) is 12.5. The van der Waals surface area contributed by atoms with E-state index in [1.807, 2.05) is 12.1 Å². The molecule has 3 nitrogen and oxygen atoms in total. The number of anilines is 1. The zero-order valence-electron chi connectivity index (χ0n) is 12.7. The lowest BCUT2D eigenvalue weighted by molar-refractivity contribution is 0.0928. The maximum Gasteiger partial charge on any atom is 0.253 e. The van der Waals surface area contributed by atoms with Crippen molar-refractivity contribution >= 4 is 11.6 Å². The van der Waals surface area contributed by atoms with Crippen LogP contribution in [0.5, 0.6) is 0 Å². The topological polar surface area (TPSA) is 41.1 Å². The lowest BCUT2D eigenvalue weighted by Gasteiger charge is -2.23. The molecule has 110 valence electrons. The molecule has 0 unspecified atom stereocenters. The Hall–Kier alpha value is -1.51. The zero-order chi connectivity index (χ0) is 14.4. The molecule has 0 spiro atoms. The van der Waals surface area contributed by atoms with Crippen molar-refractivity contribution in [3.63, 3.8) is 0 Å². The Balaban J connectivity index is 2.07. The Labute approximate surface area is 122 Å². The molecule has 1 aliphatic carbocycles. The second-order valence-electron chi connectivity index (χ2n) is 5.78.